The van der Waals surface area contributed by atoms with Crippen molar-refractivity contribution >= 4 is 0 Å². The molecular weight excluding hydrogens is 210 g/mol. The fourth-order valence-electron chi connectivity index (χ4n) is 2.52. The second kappa shape index (κ2) is 5.01. The van der Waals surface area contributed by atoms with Crippen molar-refractivity contribution in [2.24, 2.45) is 11.0 Å². The zero-order chi connectivity index (χ0) is 11.4. The Morgan fingerprint density at radius 3 is 2.56 bits per heavy atom. The molecule has 1 atom stereocenters. The topological polar surface area (TPSA) is 87.5 Å². The van der Waals surface area contributed by atoms with Crippen molar-refractivity contribution in [3.05, 3.63) is 10.4 Å². The lowest BCUT2D eigenvalue weighted by Crippen LogP contribution is -2.38. The highest BCUT2D eigenvalue weighted by Gasteiger charge is 2.41. The molecule has 2 aliphatic rings. The minimum atomic E-state index is -0.533. The van der Waals surface area contributed by atoms with Crippen molar-refractivity contribution in [2.45, 2.75) is 37.6 Å². The van der Waals surface area contributed by atoms with Crippen molar-refractivity contribution in [2.75, 3.05) is 19.8 Å². The zero-order valence-electron chi connectivity index (χ0n) is 9.21. The van der Waals surface area contributed by atoms with Crippen molar-refractivity contribution in [3.63, 3.8) is 0 Å². The lowest BCUT2D eigenvalue weighted by molar-refractivity contribution is -0.186. The van der Waals surface area contributed by atoms with Crippen LogP contribution in [-0.2, 0) is 9.47 Å². The van der Waals surface area contributed by atoms with E-state index in [9.17, 15) is 5.11 Å². The molecule has 0 aromatic heterocycles. The summed E-state index contributed by atoms with van der Waals surface area (Å²) in [6.07, 6.45) is 2.84. The highest BCUT2D eigenvalue weighted by molar-refractivity contribution is 4.85. The predicted molar refractivity (Wildman–Crippen MR) is 56.6 cm³/mol. The molecule has 1 aliphatic carbocycles. The molecule has 1 unspecified atom stereocenters. The van der Waals surface area contributed by atoms with Crippen molar-refractivity contribution < 1.29 is 14.6 Å². The number of azide groups is 1. The van der Waals surface area contributed by atoms with Gasteiger partial charge in [-0.15, -0.1) is 0 Å². The molecule has 2 fully saturated rings. The predicted octanol–water partition coefficient (Wildman–Crippen LogP) is 1.59. The molecule has 0 aromatic rings. The maximum atomic E-state index is 9.79. The average molecular weight is 227 g/mol. The molecule has 0 bridgehead atoms. The number of hydrogen-bond donors (Lipinski definition) is 1. The van der Waals surface area contributed by atoms with E-state index >= 15 is 0 Å². The van der Waals surface area contributed by atoms with E-state index in [-0.39, 0.29) is 18.2 Å². The van der Waals surface area contributed by atoms with Crippen LogP contribution < -0.4 is 0 Å². The number of hydrogen-bond acceptors (Lipinski definition) is 4. The molecule has 0 amide bonds. The van der Waals surface area contributed by atoms with Crippen LogP contribution in [-0.4, -0.2) is 36.8 Å². The third-order valence-corrected chi connectivity index (χ3v) is 3.48. The van der Waals surface area contributed by atoms with E-state index in [4.69, 9.17) is 15.0 Å². The van der Waals surface area contributed by atoms with Gasteiger partial charge in [0.15, 0.2) is 5.79 Å². The fourth-order valence-corrected chi connectivity index (χ4v) is 2.52. The SMILES string of the molecule is [N-]=[N+]=NCC(O)C1CCC2(CC1)OCCO2. The summed E-state index contributed by atoms with van der Waals surface area (Å²) < 4.78 is 11.2. The molecule has 1 saturated heterocycles. The molecule has 6 nitrogen and oxygen atoms in total. The van der Waals surface area contributed by atoms with Crippen LogP contribution in [0.4, 0.5) is 0 Å². The van der Waals surface area contributed by atoms with Gasteiger partial charge in [-0.05, 0) is 24.3 Å². The smallest absolute Gasteiger partial charge is 0.168 e. The maximum Gasteiger partial charge on any atom is 0.168 e. The normalized spacial score (nSPS) is 26.6. The minimum absolute atomic E-state index is 0.163. The highest BCUT2D eigenvalue weighted by atomic mass is 16.7. The van der Waals surface area contributed by atoms with E-state index < -0.39 is 6.10 Å². The highest BCUT2D eigenvalue weighted by Crippen LogP contribution is 2.39. The van der Waals surface area contributed by atoms with E-state index in [1.165, 1.54) is 0 Å². The number of aliphatic hydroxyl groups is 1. The van der Waals surface area contributed by atoms with Crippen LogP contribution in [0.15, 0.2) is 5.11 Å². The van der Waals surface area contributed by atoms with Gasteiger partial charge in [0.2, 0.25) is 0 Å². The zero-order valence-corrected chi connectivity index (χ0v) is 9.21. The van der Waals surface area contributed by atoms with Gasteiger partial charge in [-0.3, -0.25) is 0 Å². The molecule has 2 rings (SSSR count). The molecule has 1 aliphatic heterocycles. The van der Waals surface area contributed by atoms with Crippen LogP contribution in [0.1, 0.15) is 25.7 Å². The first-order valence-electron chi connectivity index (χ1n) is 5.73. The van der Waals surface area contributed by atoms with Gasteiger partial charge in [0, 0.05) is 17.8 Å². The molecule has 1 N–H and O–H groups in total. The van der Waals surface area contributed by atoms with E-state index in [0.29, 0.717) is 13.2 Å². The second-order valence-corrected chi connectivity index (χ2v) is 4.43. The third-order valence-electron chi connectivity index (χ3n) is 3.48. The first-order chi connectivity index (χ1) is 7.76. The van der Waals surface area contributed by atoms with Crippen molar-refractivity contribution in [1.82, 2.24) is 0 Å². The standard InChI is InChI=1S/C10H17N3O3/c11-13-12-7-9(14)8-1-3-10(4-2-8)15-5-6-16-10/h8-9,14H,1-7H2. The monoisotopic (exact) mass is 227 g/mol. The summed E-state index contributed by atoms with van der Waals surface area (Å²) in [6.45, 7) is 1.51. The van der Waals surface area contributed by atoms with Gasteiger partial charge in [-0.1, -0.05) is 5.11 Å². The molecule has 90 valence electrons. The van der Waals surface area contributed by atoms with E-state index in [0.717, 1.165) is 25.7 Å². The van der Waals surface area contributed by atoms with Crippen LogP contribution >= 0.6 is 0 Å². The van der Waals surface area contributed by atoms with Gasteiger partial charge in [0.1, 0.15) is 0 Å². The van der Waals surface area contributed by atoms with Gasteiger partial charge >= 0.3 is 0 Å². The Kier molecular flexibility index (Phi) is 3.66. The van der Waals surface area contributed by atoms with Crippen molar-refractivity contribution in [3.8, 4) is 0 Å². The van der Waals surface area contributed by atoms with Gasteiger partial charge in [-0.25, -0.2) is 0 Å². The molecule has 16 heavy (non-hydrogen) atoms. The summed E-state index contributed by atoms with van der Waals surface area (Å²) >= 11 is 0. The Morgan fingerprint density at radius 2 is 2.00 bits per heavy atom. The van der Waals surface area contributed by atoms with E-state index in [2.05, 4.69) is 10.0 Å². The molecular formula is C10H17N3O3. The van der Waals surface area contributed by atoms with E-state index in [1.54, 1.807) is 0 Å². The number of ether oxygens (including phenoxy) is 2. The maximum absolute atomic E-state index is 9.79. The molecule has 1 saturated carbocycles. The number of nitrogens with zero attached hydrogens (tertiary/aromatic N) is 3. The summed E-state index contributed by atoms with van der Waals surface area (Å²) in [4.78, 5) is 2.66. The molecule has 1 spiro atoms. The number of aliphatic hydroxyl groups excluding tert-OH is 1. The lowest BCUT2D eigenvalue weighted by Gasteiger charge is -2.36. The summed E-state index contributed by atoms with van der Waals surface area (Å²) in [5.74, 6) is -0.182. The Labute approximate surface area is 94.2 Å². The number of rotatable bonds is 3. The molecule has 0 aromatic carbocycles. The summed E-state index contributed by atoms with van der Waals surface area (Å²) in [5, 5.41) is 13.2. The van der Waals surface area contributed by atoms with Crippen LogP contribution in [0, 0.1) is 5.92 Å². The minimum Gasteiger partial charge on any atom is -0.393 e. The fraction of sp³-hybridized carbons (Fsp3) is 1.00. The largest absolute Gasteiger partial charge is 0.393 e. The summed E-state index contributed by atoms with van der Waals surface area (Å²) in [5.41, 5.74) is 8.19. The lowest BCUT2D eigenvalue weighted by atomic mass is 9.82. The Balaban J connectivity index is 1.82. The Morgan fingerprint density at radius 1 is 1.38 bits per heavy atom. The van der Waals surface area contributed by atoms with Gasteiger partial charge < -0.3 is 14.6 Å². The first kappa shape index (κ1) is 11.7. The second-order valence-electron chi connectivity index (χ2n) is 4.43. The van der Waals surface area contributed by atoms with Crippen LogP contribution in [0.25, 0.3) is 10.4 Å². The third kappa shape index (κ3) is 2.47. The molecule has 0 radical (unpaired) electrons. The van der Waals surface area contributed by atoms with Gasteiger partial charge in [0.25, 0.3) is 0 Å². The summed E-state index contributed by atoms with van der Waals surface area (Å²) in [7, 11) is 0. The van der Waals surface area contributed by atoms with Crippen LogP contribution in [0.3, 0.4) is 0 Å². The Bertz CT molecular complexity index is 275. The summed E-state index contributed by atoms with van der Waals surface area (Å²) in [6, 6.07) is 0. The first-order valence-corrected chi connectivity index (χ1v) is 5.73. The molecule has 1 heterocycles. The van der Waals surface area contributed by atoms with Crippen molar-refractivity contribution in [1.29, 1.82) is 0 Å². The van der Waals surface area contributed by atoms with Gasteiger partial charge in [-0.2, -0.15) is 0 Å². The van der Waals surface area contributed by atoms with Crippen LogP contribution in [0.5, 0.6) is 0 Å². The average Bonchev–Trinajstić information content (AvgIpc) is 2.75. The quantitative estimate of drug-likeness (QED) is 0.451. The van der Waals surface area contributed by atoms with Crippen LogP contribution in [0.2, 0.25) is 0 Å². The molecule has 6 heteroatoms. The van der Waals surface area contributed by atoms with Gasteiger partial charge in [0.05, 0.1) is 25.9 Å². The van der Waals surface area contributed by atoms with E-state index in [1.807, 2.05) is 0 Å². The Hall–Kier alpha value is -0.810.